The highest BCUT2D eigenvalue weighted by Gasteiger charge is 2.30. The molecule has 140 valence electrons. The maximum Gasteiger partial charge on any atom is 0.225 e. The molecule has 0 spiro atoms. The minimum atomic E-state index is 0.0752. The SMILES string of the molecule is N#Cc1cc(N2CCC(C(=O)N3CCOCC3)CC2)nc2ccc(Br)cc12. The molecule has 0 saturated carbocycles. The number of hydrogen-bond acceptors (Lipinski definition) is 5. The smallest absolute Gasteiger partial charge is 0.225 e. The third kappa shape index (κ3) is 3.78. The first-order valence-electron chi connectivity index (χ1n) is 9.27. The number of halogens is 1. The monoisotopic (exact) mass is 428 g/mol. The molecular weight excluding hydrogens is 408 g/mol. The van der Waals surface area contributed by atoms with Gasteiger partial charge in [-0.05, 0) is 37.1 Å². The maximum absolute atomic E-state index is 12.7. The van der Waals surface area contributed by atoms with Crippen LogP contribution < -0.4 is 4.90 Å². The lowest BCUT2D eigenvalue weighted by molar-refractivity contribution is -0.140. The molecule has 4 rings (SSSR count). The highest BCUT2D eigenvalue weighted by Crippen LogP contribution is 2.28. The number of carbonyl (C=O) groups is 1. The van der Waals surface area contributed by atoms with E-state index in [1.807, 2.05) is 29.2 Å². The van der Waals surface area contributed by atoms with Crippen molar-refractivity contribution in [3.8, 4) is 6.07 Å². The fraction of sp³-hybridized carbons (Fsp3) is 0.450. The van der Waals surface area contributed by atoms with E-state index in [0.717, 1.165) is 47.1 Å². The number of fused-ring (bicyclic) bond motifs is 1. The Kier molecular flexibility index (Phi) is 5.28. The zero-order chi connectivity index (χ0) is 18.8. The molecule has 3 heterocycles. The molecular formula is C20H21BrN4O2. The highest BCUT2D eigenvalue weighted by molar-refractivity contribution is 9.10. The molecule has 0 N–H and O–H groups in total. The number of amides is 1. The average molecular weight is 429 g/mol. The Morgan fingerprint density at radius 2 is 1.93 bits per heavy atom. The van der Waals surface area contributed by atoms with Crippen LogP contribution >= 0.6 is 15.9 Å². The first-order chi connectivity index (χ1) is 13.2. The molecule has 0 radical (unpaired) electrons. The van der Waals surface area contributed by atoms with E-state index in [9.17, 15) is 10.1 Å². The molecule has 2 aliphatic rings. The van der Waals surface area contributed by atoms with Crippen molar-refractivity contribution in [2.24, 2.45) is 5.92 Å². The van der Waals surface area contributed by atoms with E-state index in [-0.39, 0.29) is 11.8 Å². The topological polar surface area (TPSA) is 69.5 Å². The summed E-state index contributed by atoms with van der Waals surface area (Å²) in [5.41, 5.74) is 1.45. The third-order valence-electron chi connectivity index (χ3n) is 5.37. The van der Waals surface area contributed by atoms with Crippen molar-refractivity contribution in [2.45, 2.75) is 12.8 Å². The van der Waals surface area contributed by atoms with Crippen LogP contribution in [0.1, 0.15) is 18.4 Å². The van der Waals surface area contributed by atoms with Crippen molar-refractivity contribution in [3.05, 3.63) is 34.3 Å². The second kappa shape index (κ2) is 7.83. The number of hydrogen-bond donors (Lipinski definition) is 0. The molecule has 7 heteroatoms. The molecule has 0 atom stereocenters. The average Bonchev–Trinajstić information content (AvgIpc) is 2.73. The fourth-order valence-electron chi connectivity index (χ4n) is 3.84. The van der Waals surface area contributed by atoms with Gasteiger partial charge in [-0.1, -0.05) is 15.9 Å². The molecule has 0 aliphatic carbocycles. The molecule has 2 aromatic rings. The predicted octanol–water partition coefficient (Wildman–Crippen LogP) is 2.94. The molecule has 0 unspecified atom stereocenters. The first kappa shape index (κ1) is 18.2. The second-order valence-corrected chi connectivity index (χ2v) is 7.92. The van der Waals surface area contributed by atoms with Crippen LogP contribution in [-0.4, -0.2) is 55.2 Å². The van der Waals surface area contributed by atoms with E-state index in [2.05, 4.69) is 26.9 Å². The van der Waals surface area contributed by atoms with Gasteiger partial charge < -0.3 is 14.5 Å². The molecule has 2 saturated heterocycles. The van der Waals surface area contributed by atoms with E-state index in [4.69, 9.17) is 9.72 Å². The van der Waals surface area contributed by atoms with Crippen LogP contribution in [0.3, 0.4) is 0 Å². The van der Waals surface area contributed by atoms with Crippen molar-refractivity contribution in [1.29, 1.82) is 5.26 Å². The summed E-state index contributed by atoms with van der Waals surface area (Å²) in [6.45, 7) is 4.23. The van der Waals surface area contributed by atoms with Crippen molar-refractivity contribution in [3.63, 3.8) is 0 Å². The van der Waals surface area contributed by atoms with Gasteiger partial charge in [0.15, 0.2) is 0 Å². The number of ether oxygens (including phenoxy) is 1. The molecule has 1 aromatic carbocycles. The van der Waals surface area contributed by atoms with E-state index < -0.39 is 0 Å². The van der Waals surface area contributed by atoms with Gasteiger partial charge in [-0.25, -0.2) is 4.98 Å². The van der Waals surface area contributed by atoms with Gasteiger partial charge in [0, 0.05) is 42.0 Å². The van der Waals surface area contributed by atoms with Crippen molar-refractivity contribution in [1.82, 2.24) is 9.88 Å². The summed E-state index contributed by atoms with van der Waals surface area (Å²) in [6.07, 6.45) is 1.64. The summed E-state index contributed by atoms with van der Waals surface area (Å²) in [7, 11) is 0. The number of benzene rings is 1. The molecule has 2 aliphatic heterocycles. The minimum absolute atomic E-state index is 0.0752. The Morgan fingerprint density at radius 1 is 1.19 bits per heavy atom. The Labute approximate surface area is 166 Å². The Balaban J connectivity index is 1.49. The quantitative estimate of drug-likeness (QED) is 0.735. The van der Waals surface area contributed by atoms with Crippen LogP contribution in [-0.2, 0) is 9.53 Å². The number of rotatable bonds is 2. The summed E-state index contributed by atoms with van der Waals surface area (Å²) in [6, 6.07) is 9.94. The van der Waals surface area contributed by atoms with Crippen LogP contribution in [0.5, 0.6) is 0 Å². The van der Waals surface area contributed by atoms with Crippen LogP contribution in [0.15, 0.2) is 28.7 Å². The second-order valence-electron chi connectivity index (χ2n) is 7.00. The fourth-order valence-corrected chi connectivity index (χ4v) is 4.20. The lowest BCUT2D eigenvalue weighted by atomic mass is 9.95. The number of pyridine rings is 1. The number of anilines is 1. The van der Waals surface area contributed by atoms with Crippen LogP contribution in [0.25, 0.3) is 10.9 Å². The Bertz CT molecular complexity index is 897. The lowest BCUT2D eigenvalue weighted by Gasteiger charge is -2.36. The number of piperidine rings is 1. The summed E-state index contributed by atoms with van der Waals surface area (Å²) in [5.74, 6) is 1.15. The Hall–Kier alpha value is -2.17. The van der Waals surface area contributed by atoms with E-state index in [1.54, 1.807) is 0 Å². The van der Waals surface area contributed by atoms with Crippen molar-refractivity contribution < 1.29 is 9.53 Å². The molecule has 0 bridgehead atoms. The largest absolute Gasteiger partial charge is 0.378 e. The maximum atomic E-state index is 12.7. The molecule has 1 amide bonds. The molecule has 1 aromatic heterocycles. The molecule has 6 nitrogen and oxygen atoms in total. The van der Waals surface area contributed by atoms with Crippen molar-refractivity contribution in [2.75, 3.05) is 44.3 Å². The predicted molar refractivity (Wildman–Crippen MR) is 106 cm³/mol. The third-order valence-corrected chi connectivity index (χ3v) is 5.86. The zero-order valence-electron chi connectivity index (χ0n) is 15.0. The normalized spacial score (nSPS) is 18.5. The summed E-state index contributed by atoms with van der Waals surface area (Å²) in [5, 5.41) is 10.4. The standard InChI is InChI=1S/C20H21BrN4O2/c21-16-1-2-18-17(12-16)15(13-22)11-19(23-18)24-5-3-14(4-6-24)20(26)25-7-9-27-10-8-25/h1-2,11-12,14H,3-10H2. The summed E-state index contributed by atoms with van der Waals surface area (Å²) in [4.78, 5) is 21.6. The number of morpholine rings is 1. The molecule has 27 heavy (non-hydrogen) atoms. The highest BCUT2D eigenvalue weighted by atomic mass is 79.9. The van der Waals surface area contributed by atoms with E-state index in [1.165, 1.54) is 0 Å². The van der Waals surface area contributed by atoms with Gasteiger partial charge in [-0.2, -0.15) is 5.26 Å². The lowest BCUT2D eigenvalue weighted by Crippen LogP contribution is -2.46. The van der Waals surface area contributed by atoms with Gasteiger partial charge in [-0.15, -0.1) is 0 Å². The number of nitriles is 1. The van der Waals surface area contributed by atoms with Gasteiger partial charge in [0.1, 0.15) is 5.82 Å². The van der Waals surface area contributed by atoms with Crippen LogP contribution in [0.2, 0.25) is 0 Å². The number of aromatic nitrogens is 1. The van der Waals surface area contributed by atoms with Gasteiger partial charge in [0.2, 0.25) is 5.91 Å². The minimum Gasteiger partial charge on any atom is -0.378 e. The zero-order valence-corrected chi connectivity index (χ0v) is 16.6. The van der Waals surface area contributed by atoms with Crippen LogP contribution in [0.4, 0.5) is 5.82 Å². The van der Waals surface area contributed by atoms with Gasteiger partial charge in [0.05, 0.1) is 30.4 Å². The van der Waals surface area contributed by atoms with Crippen LogP contribution in [0, 0.1) is 17.2 Å². The van der Waals surface area contributed by atoms with E-state index in [0.29, 0.717) is 31.9 Å². The van der Waals surface area contributed by atoms with Crippen molar-refractivity contribution >= 4 is 38.6 Å². The van der Waals surface area contributed by atoms with Gasteiger partial charge in [-0.3, -0.25) is 4.79 Å². The van der Waals surface area contributed by atoms with Gasteiger partial charge in [0.25, 0.3) is 0 Å². The Morgan fingerprint density at radius 3 is 2.63 bits per heavy atom. The van der Waals surface area contributed by atoms with E-state index >= 15 is 0 Å². The number of carbonyl (C=O) groups excluding carboxylic acids is 1. The first-order valence-corrected chi connectivity index (χ1v) is 10.1. The van der Waals surface area contributed by atoms with Gasteiger partial charge >= 0.3 is 0 Å². The summed E-state index contributed by atoms with van der Waals surface area (Å²) >= 11 is 3.45. The summed E-state index contributed by atoms with van der Waals surface area (Å²) < 4.78 is 6.27. The molecule has 2 fully saturated rings. The number of nitrogens with zero attached hydrogens (tertiary/aromatic N) is 4.